The molecule has 0 nitrogen and oxygen atoms in total. The third kappa shape index (κ3) is 35.6. The average Bonchev–Trinajstić information content (AvgIpc) is 0.918. The van der Waals surface area contributed by atoms with Gasteiger partial charge in [-0.3, -0.25) is 0 Å². The van der Waals surface area contributed by atoms with Crippen LogP contribution in [0.3, 0.4) is 0 Å². The summed E-state index contributed by atoms with van der Waals surface area (Å²) in [6, 6.07) is 0. The summed E-state index contributed by atoms with van der Waals surface area (Å²) < 4.78 is 0. The summed E-state index contributed by atoms with van der Waals surface area (Å²) in [7, 11) is 0. The van der Waals surface area contributed by atoms with Gasteiger partial charge in [0.2, 0.25) is 0 Å². The zero-order valence-corrected chi connectivity index (χ0v) is 9.76. The molecule has 0 aliphatic rings. The molecule has 0 fully saturated rings. The largest absolute Gasteiger partial charge is 0.344 e. The molecule has 0 spiro atoms. The first kappa shape index (κ1) is 16.3. The van der Waals surface area contributed by atoms with Gasteiger partial charge in [0.25, 0.3) is 0 Å². The molecule has 0 aliphatic carbocycles. The average molecular weight is 174 g/mol. The predicted molar refractivity (Wildman–Crippen MR) is 15.6 cm³/mol. The van der Waals surface area contributed by atoms with Crippen LogP contribution in [0.1, 0.15) is 13.3 Å². The van der Waals surface area contributed by atoms with E-state index in [0.717, 1.165) is 6.42 Å². The maximum absolute atomic E-state index is 3.49. The van der Waals surface area contributed by atoms with Crippen molar-refractivity contribution in [3.63, 3.8) is 0 Å². The van der Waals surface area contributed by atoms with Crippen molar-refractivity contribution in [1.82, 2.24) is 0 Å². The summed E-state index contributed by atoms with van der Waals surface area (Å²) in [6.07, 6.45) is 1.00. The normalized spacial score (nSPS) is 3.60. The van der Waals surface area contributed by atoms with Crippen molar-refractivity contribution in [2.45, 2.75) is 13.3 Å². The Hall–Kier alpha value is 1.25. The van der Waals surface area contributed by atoms with Gasteiger partial charge in [-0.25, -0.2) is 0 Å². The summed E-state index contributed by atoms with van der Waals surface area (Å²) >= 11 is 0. The molecule has 0 heterocycles. The summed E-state index contributed by atoms with van der Waals surface area (Å²) in [5.41, 5.74) is 0. The molecule has 0 saturated heterocycles. The molecule has 0 aliphatic heterocycles. The second kappa shape index (κ2) is 18.7. The standard InChI is InChI=1S/C3H7.2Zn/c1-3-2;;/h1,3H2,2H3;;/q-1;;. The third-order valence-corrected chi connectivity index (χ3v) is 0. The third-order valence-electron chi connectivity index (χ3n) is 0. The quantitative estimate of drug-likeness (QED) is 0.382. The summed E-state index contributed by atoms with van der Waals surface area (Å²) in [5, 5.41) is 0. The number of rotatable bonds is 0. The van der Waals surface area contributed by atoms with Crippen LogP contribution in [0.25, 0.3) is 0 Å². The van der Waals surface area contributed by atoms with Gasteiger partial charge in [-0.15, -0.1) is 0 Å². The van der Waals surface area contributed by atoms with Crippen molar-refractivity contribution < 1.29 is 39.0 Å². The Bertz CT molecular complexity index is 4.85. The molecule has 0 unspecified atom stereocenters. The molecule has 2 heteroatoms. The van der Waals surface area contributed by atoms with Gasteiger partial charge >= 0.3 is 0 Å². The molecule has 0 bridgehead atoms. The van der Waals surface area contributed by atoms with Crippen molar-refractivity contribution in [2.75, 3.05) is 0 Å². The van der Waals surface area contributed by atoms with Crippen LogP contribution < -0.4 is 0 Å². The van der Waals surface area contributed by atoms with E-state index in [2.05, 4.69) is 6.92 Å². The van der Waals surface area contributed by atoms with Crippen LogP contribution in [-0.2, 0) is 39.0 Å². The Balaban J connectivity index is -0.0000000200. The van der Waals surface area contributed by atoms with E-state index in [1.165, 1.54) is 0 Å². The van der Waals surface area contributed by atoms with E-state index in [-0.39, 0.29) is 39.0 Å². The van der Waals surface area contributed by atoms with Crippen molar-refractivity contribution in [3.8, 4) is 0 Å². The SMILES string of the molecule is [CH2-]CC.[Zn].[Zn]. The van der Waals surface area contributed by atoms with Crippen molar-refractivity contribution >= 4 is 0 Å². The fraction of sp³-hybridized carbons (Fsp3) is 0.667. The smallest absolute Gasteiger partial charge is 0 e. The molecule has 0 radical (unpaired) electrons. The molecular weight excluding hydrogens is 167 g/mol. The van der Waals surface area contributed by atoms with Gasteiger partial charge in [0.05, 0.1) is 0 Å². The Morgan fingerprint density at radius 1 is 1.40 bits per heavy atom. The summed E-state index contributed by atoms with van der Waals surface area (Å²) in [5.74, 6) is 0. The van der Waals surface area contributed by atoms with E-state index < -0.39 is 0 Å². The molecule has 0 saturated carbocycles. The first-order valence-corrected chi connectivity index (χ1v) is 1.21. The van der Waals surface area contributed by atoms with Crippen LogP contribution in [0.15, 0.2) is 0 Å². The van der Waals surface area contributed by atoms with E-state index in [9.17, 15) is 0 Å². The minimum atomic E-state index is 0. The molecule has 0 atom stereocenters. The molecule has 5 heavy (non-hydrogen) atoms. The monoisotopic (exact) mass is 171 g/mol. The van der Waals surface area contributed by atoms with Crippen LogP contribution >= 0.6 is 0 Å². The molecule has 0 aromatic carbocycles. The van der Waals surface area contributed by atoms with Gasteiger partial charge in [0.15, 0.2) is 0 Å². The maximum Gasteiger partial charge on any atom is 0 e. The van der Waals surface area contributed by atoms with E-state index >= 15 is 0 Å². The predicted octanol–water partition coefficient (Wildman–Crippen LogP) is 1.23. The maximum atomic E-state index is 3.49. The van der Waals surface area contributed by atoms with Crippen molar-refractivity contribution in [2.24, 2.45) is 0 Å². The van der Waals surface area contributed by atoms with Gasteiger partial charge in [0.1, 0.15) is 0 Å². The minimum Gasteiger partial charge on any atom is -0.344 e. The molecule has 0 rings (SSSR count). The summed E-state index contributed by atoms with van der Waals surface area (Å²) in [4.78, 5) is 0. The molecule has 0 amide bonds. The molecule has 0 aromatic rings. The first-order chi connectivity index (χ1) is 1.41. The second-order valence-corrected chi connectivity index (χ2v) is 0.500. The van der Waals surface area contributed by atoms with Crippen molar-refractivity contribution in [3.05, 3.63) is 6.92 Å². The van der Waals surface area contributed by atoms with E-state index in [0.29, 0.717) is 0 Å². The Morgan fingerprint density at radius 2 is 1.40 bits per heavy atom. The molecule has 24 valence electrons. The topological polar surface area (TPSA) is 0 Å². The fourth-order valence-corrected chi connectivity index (χ4v) is 0. The second-order valence-electron chi connectivity index (χ2n) is 0.500. The van der Waals surface area contributed by atoms with Crippen LogP contribution in [0.5, 0.6) is 0 Å². The van der Waals surface area contributed by atoms with Crippen LogP contribution in [0.4, 0.5) is 0 Å². The van der Waals surface area contributed by atoms with E-state index in [1.807, 2.05) is 6.92 Å². The van der Waals surface area contributed by atoms with Gasteiger partial charge in [-0.1, -0.05) is 6.92 Å². The number of hydrogen-bond acceptors (Lipinski definition) is 0. The van der Waals surface area contributed by atoms with E-state index in [4.69, 9.17) is 0 Å². The van der Waals surface area contributed by atoms with Crippen LogP contribution in [-0.4, -0.2) is 0 Å². The molecule has 0 aromatic heterocycles. The number of hydrogen-bond donors (Lipinski definition) is 0. The van der Waals surface area contributed by atoms with Crippen molar-refractivity contribution in [1.29, 1.82) is 0 Å². The van der Waals surface area contributed by atoms with E-state index in [1.54, 1.807) is 0 Å². The minimum absolute atomic E-state index is 0. The van der Waals surface area contributed by atoms with Crippen LogP contribution in [0, 0.1) is 6.92 Å². The van der Waals surface area contributed by atoms with Gasteiger partial charge in [-0.2, -0.15) is 6.42 Å². The fourth-order valence-electron chi connectivity index (χ4n) is 0. The Morgan fingerprint density at radius 3 is 1.40 bits per heavy atom. The van der Waals surface area contributed by atoms with Gasteiger partial charge < -0.3 is 6.92 Å². The Labute approximate surface area is 59.2 Å². The van der Waals surface area contributed by atoms with Crippen LogP contribution in [0.2, 0.25) is 0 Å². The van der Waals surface area contributed by atoms with Gasteiger partial charge in [0, 0.05) is 39.0 Å². The summed E-state index contributed by atoms with van der Waals surface area (Å²) in [6.45, 7) is 5.50. The molecular formula is C3H7Zn2-. The zero-order valence-electron chi connectivity index (χ0n) is 3.83. The van der Waals surface area contributed by atoms with Gasteiger partial charge in [-0.05, 0) is 0 Å². The molecule has 0 N–H and O–H groups in total. The zero-order chi connectivity index (χ0) is 2.71. The Kier molecular flexibility index (Phi) is 61.2. The first-order valence-electron chi connectivity index (χ1n) is 1.21.